The van der Waals surface area contributed by atoms with Crippen LogP contribution >= 0.6 is 11.8 Å². The van der Waals surface area contributed by atoms with Gasteiger partial charge in [-0.25, -0.2) is 0 Å². The predicted octanol–water partition coefficient (Wildman–Crippen LogP) is 2.70. The van der Waals surface area contributed by atoms with Crippen LogP contribution in [-0.2, 0) is 13.5 Å². The fourth-order valence-corrected chi connectivity index (χ4v) is 3.91. The van der Waals surface area contributed by atoms with Crippen LogP contribution < -0.4 is 0 Å². The Kier molecular flexibility index (Phi) is 5.13. The second kappa shape index (κ2) is 6.62. The molecule has 1 saturated carbocycles. The highest BCUT2D eigenvalue weighted by Crippen LogP contribution is 2.28. The van der Waals surface area contributed by atoms with Crippen LogP contribution in [0.2, 0.25) is 0 Å². The van der Waals surface area contributed by atoms with E-state index in [0.717, 1.165) is 28.8 Å². The molecule has 0 radical (unpaired) electrons. The number of nitrogens with zero attached hydrogens (tertiary/aromatic N) is 2. The van der Waals surface area contributed by atoms with Crippen LogP contribution in [-0.4, -0.2) is 32.0 Å². The number of hydrogen-bond donors (Lipinski definition) is 1. The Balaban J connectivity index is 1.74. The molecule has 0 aliphatic heterocycles. The number of aromatic nitrogens is 2. The summed E-state index contributed by atoms with van der Waals surface area (Å²) < 4.78 is 1.88. The maximum atomic E-state index is 10.1. The van der Waals surface area contributed by atoms with Gasteiger partial charge in [0.1, 0.15) is 0 Å². The van der Waals surface area contributed by atoms with E-state index in [4.69, 9.17) is 0 Å². The molecular weight excluding hydrogens is 244 g/mol. The van der Waals surface area contributed by atoms with Crippen molar-refractivity contribution in [1.82, 2.24) is 9.78 Å². The van der Waals surface area contributed by atoms with Crippen molar-refractivity contribution in [2.24, 2.45) is 7.05 Å². The molecule has 1 aliphatic rings. The number of hydrogen-bond acceptors (Lipinski definition) is 3. The minimum Gasteiger partial charge on any atom is -0.392 e. The number of thioether (sulfide) groups is 1. The largest absolute Gasteiger partial charge is 0.392 e. The van der Waals surface area contributed by atoms with Crippen molar-refractivity contribution < 1.29 is 5.11 Å². The Morgan fingerprint density at radius 3 is 2.78 bits per heavy atom. The van der Waals surface area contributed by atoms with Gasteiger partial charge in [-0.15, -0.1) is 0 Å². The quantitative estimate of drug-likeness (QED) is 0.892. The van der Waals surface area contributed by atoms with E-state index in [-0.39, 0.29) is 6.10 Å². The summed E-state index contributed by atoms with van der Waals surface area (Å²) in [5.41, 5.74) is 2.16. The zero-order chi connectivity index (χ0) is 13.0. The zero-order valence-electron chi connectivity index (χ0n) is 11.4. The van der Waals surface area contributed by atoms with Gasteiger partial charge in [0.05, 0.1) is 11.8 Å². The maximum Gasteiger partial charge on any atom is 0.0685 e. The van der Waals surface area contributed by atoms with Gasteiger partial charge in [-0.3, -0.25) is 4.68 Å². The van der Waals surface area contributed by atoms with Crippen LogP contribution in [0.4, 0.5) is 0 Å². The Labute approximate surface area is 114 Å². The van der Waals surface area contributed by atoms with Crippen LogP contribution in [0.5, 0.6) is 0 Å². The van der Waals surface area contributed by atoms with E-state index in [2.05, 4.69) is 11.2 Å². The van der Waals surface area contributed by atoms with Crippen molar-refractivity contribution in [1.29, 1.82) is 0 Å². The Morgan fingerprint density at radius 2 is 2.17 bits per heavy atom. The molecule has 1 atom stereocenters. The van der Waals surface area contributed by atoms with Crippen molar-refractivity contribution in [3.63, 3.8) is 0 Å². The molecule has 1 heterocycles. The minimum atomic E-state index is -0.244. The van der Waals surface area contributed by atoms with E-state index in [0.29, 0.717) is 0 Å². The highest BCUT2D eigenvalue weighted by atomic mass is 32.2. The van der Waals surface area contributed by atoms with Gasteiger partial charge in [0.2, 0.25) is 0 Å². The van der Waals surface area contributed by atoms with E-state index < -0.39 is 0 Å². The summed E-state index contributed by atoms with van der Waals surface area (Å²) in [6.45, 7) is 1.99. The molecule has 0 saturated heterocycles. The van der Waals surface area contributed by atoms with Crippen LogP contribution in [0, 0.1) is 6.92 Å². The average Bonchev–Trinajstić information content (AvgIpc) is 2.67. The van der Waals surface area contributed by atoms with Gasteiger partial charge in [0.15, 0.2) is 0 Å². The first kappa shape index (κ1) is 13.9. The molecule has 3 nitrogen and oxygen atoms in total. The fraction of sp³-hybridized carbons (Fsp3) is 0.786. The van der Waals surface area contributed by atoms with Gasteiger partial charge in [0, 0.05) is 30.2 Å². The number of aliphatic hydroxyl groups is 1. The highest BCUT2D eigenvalue weighted by Gasteiger charge is 2.16. The van der Waals surface area contributed by atoms with E-state index in [1.165, 1.54) is 32.1 Å². The number of aryl methyl sites for hydroxylation is 2. The second-order valence-corrected chi connectivity index (χ2v) is 6.69. The molecule has 0 bridgehead atoms. The molecule has 1 aromatic heterocycles. The lowest BCUT2D eigenvalue weighted by Gasteiger charge is -2.22. The molecule has 18 heavy (non-hydrogen) atoms. The summed E-state index contributed by atoms with van der Waals surface area (Å²) in [7, 11) is 1.95. The number of rotatable bonds is 5. The monoisotopic (exact) mass is 268 g/mol. The lowest BCUT2D eigenvalue weighted by Crippen LogP contribution is -2.19. The second-order valence-electron chi connectivity index (χ2n) is 5.35. The maximum absolute atomic E-state index is 10.1. The molecule has 2 rings (SSSR count). The van der Waals surface area contributed by atoms with Gasteiger partial charge >= 0.3 is 0 Å². The smallest absolute Gasteiger partial charge is 0.0685 e. The molecule has 1 aromatic rings. The third kappa shape index (κ3) is 4.02. The summed E-state index contributed by atoms with van der Waals surface area (Å²) in [6.07, 6.45) is 7.28. The minimum absolute atomic E-state index is 0.244. The van der Waals surface area contributed by atoms with Gasteiger partial charge < -0.3 is 5.11 Å². The molecule has 4 heteroatoms. The molecule has 0 aromatic carbocycles. The first-order chi connectivity index (χ1) is 8.65. The van der Waals surface area contributed by atoms with Gasteiger partial charge in [-0.1, -0.05) is 19.3 Å². The van der Waals surface area contributed by atoms with Crippen LogP contribution in [0.3, 0.4) is 0 Å². The molecule has 1 fully saturated rings. The first-order valence-corrected chi connectivity index (χ1v) is 7.99. The molecule has 1 aliphatic carbocycles. The van der Waals surface area contributed by atoms with Gasteiger partial charge in [-0.2, -0.15) is 16.9 Å². The van der Waals surface area contributed by atoms with E-state index >= 15 is 0 Å². The van der Waals surface area contributed by atoms with Gasteiger partial charge in [-0.05, 0) is 25.8 Å². The predicted molar refractivity (Wildman–Crippen MR) is 77.0 cm³/mol. The SMILES string of the molecule is Cc1cc(CC(O)CSC2CCCCC2)n(C)n1. The average molecular weight is 268 g/mol. The van der Waals surface area contributed by atoms with E-state index in [1.807, 2.05) is 30.4 Å². The normalized spacial score (nSPS) is 19.1. The topological polar surface area (TPSA) is 38.0 Å². The molecule has 1 unspecified atom stereocenters. The molecule has 0 amide bonds. The molecule has 102 valence electrons. The van der Waals surface area contributed by atoms with E-state index in [1.54, 1.807) is 0 Å². The lowest BCUT2D eigenvalue weighted by molar-refractivity contribution is 0.197. The van der Waals surface area contributed by atoms with Gasteiger partial charge in [0.25, 0.3) is 0 Å². The van der Waals surface area contributed by atoms with Crippen molar-refractivity contribution in [2.75, 3.05) is 5.75 Å². The summed E-state index contributed by atoms with van der Waals surface area (Å²) in [5, 5.41) is 15.2. The van der Waals surface area contributed by atoms with Crippen molar-refractivity contribution in [3.05, 3.63) is 17.5 Å². The standard InChI is InChI=1S/C14H24N2OS/c1-11-8-12(16(2)15-11)9-13(17)10-18-14-6-4-3-5-7-14/h8,13-14,17H,3-7,9-10H2,1-2H3. The highest BCUT2D eigenvalue weighted by molar-refractivity contribution is 7.99. The van der Waals surface area contributed by atoms with Crippen LogP contribution in [0.15, 0.2) is 6.07 Å². The first-order valence-electron chi connectivity index (χ1n) is 6.94. The third-order valence-corrected chi connectivity index (χ3v) is 5.14. The summed E-state index contributed by atoms with van der Waals surface area (Å²) in [5.74, 6) is 0.856. The Bertz CT molecular complexity index is 372. The number of aliphatic hydroxyl groups excluding tert-OH is 1. The van der Waals surface area contributed by atoms with Crippen molar-refractivity contribution in [2.45, 2.75) is 56.8 Å². The third-order valence-electron chi connectivity index (χ3n) is 3.62. The van der Waals surface area contributed by atoms with Crippen LogP contribution in [0.25, 0.3) is 0 Å². The lowest BCUT2D eigenvalue weighted by atomic mass is 10.0. The summed E-state index contributed by atoms with van der Waals surface area (Å²) in [6, 6.07) is 2.06. The fourth-order valence-electron chi connectivity index (χ4n) is 2.63. The van der Waals surface area contributed by atoms with E-state index in [9.17, 15) is 5.11 Å². The van der Waals surface area contributed by atoms with Crippen molar-refractivity contribution in [3.8, 4) is 0 Å². The van der Waals surface area contributed by atoms with Crippen molar-refractivity contribution >= 4 is 11.8 Å². The van der Waals surface area contributed by atoms with Crippen LogP contribution in [0.1, 0.15) is 43.5 Å². The zero-order valence-corrected chi connectivity index (χ0v) is 12.2. The Morgan fingerprint density at radius 1 is 1.44 bits per heavy atom. The Hall–Kier alpha value is -0.480. The summed E-state index contributed by atoms with van der Waals surface area (Å²) in [4.78, 5) is 0. The summed E-state index contributed by atoms with van der Waals surface area (Å²) >= 11 is 1.96. The molecule has 0 spiro atoms. The molecule has 1 N–H and O–H groups in total. The molecular formula is C14H24N2OS.